The highest BCUT2D eigenvalue weighted by molar-refractivity contribution is 9.10. The fourth-order valence-corrected chi connectivity index (χ4v) is 2.20. The average molecular weight is 297 g/mol. The van der Waals surface area contributed by atoms with Gasteiger partial charge < -0.3 is 15.5 Å². The second kappa shape index (κ2) is 4.79. The van der Waals surface area contributed by atoms with Crippen molar-refractivity contribution in [2.45, 2.75) is 12.8 Å². The monoisotopic (exact) mass is 296 g/mol. The molecule has 2 rings (SSSR count). The minimum atomic E-state index is -0.228. The molecule has 0 saturated heterocycles. The van der Waals surface area contributed by atoms with Gasteiger partial charge in [-0.25, -0.2) is 0 Å². The molecule has 3 N–H and O–H groups in total. The first-order chi connectivity index (χ1) is 8.11. The number of carbonyl (C=O) groups is 1. The molecule has 0 radical (unpaired) electrons. The summed E-state index contributed by atoms with van der Waals surface area (Å²) < 4.78 is 5.61. The molecule has 0 spiro atoms. The van der Waals surface area contributed by atoms with Gasteiger partial charge in [-0.1, -0.05) is 15.9 Å². The summed E-state index contributed by atoms with van der Waals surface area (Å²) in [6.45, 7) is 0. The van der Waals surface area contributed by atoms with Crippen LogP contribution in [0, 0.1) is 0 Å². The van der Waals surface area contributed by atoms with Crippen LogP contribution in [-0.4, -0.2) is 18.1 Å². The van der Waals surface area contributed by atoms with Gasteiger partial charge in [-0.3, -0.25) is 4.79 Å². The Bertz CT molecular complexity index is 563. The number of anilines is 1. The van der Waals surface area contributed by atoms with E-state index >= 15 is 0 Å². The summed E-state index contributed by atoms with van der Waals surface area (Å²) in [5.74, 6) is 0.385. The van der Waals surface area contributed by atoms with E-state index in [0.717, 1.165) is 20.9 Å². The molecule has 90 valence electrons. The van der Waals surface area contributed by atoms with E-state index in [1.54, 1.807) is 0 Å². The molecule has 0 atom stereocenters. The lowest BCUT2D eigenvalue weighted by molar-refractivity contribution is -0.140. The maximum absolute atomic E-state index is 11.1. The quantitative estimate of drug-likeness (QED) is 0.856. The smallest absolute Gasteiger partial charge is 0.305 e. The Morgan fingerprint density at radius 1 is 1.53 bits per heavy atom. The number of hydrogen-bond donors (Lipinski definition) is 2. The third kappa shape index (κ3) is 2.44. The molecule has 17 heavy (non-hydrogen) atoms. The summed E-state index contributed by atoms with van der Waals surface area (Å²) >= 11 is 3.42. The summed E-state index contributed by atoms with van der Waals surface area (Å²) in [7, 11) is 1.39. The first-order valence-corrected chi connectivity index (χ1v) is 6.03. The molecule has 0 fully saturated rings. The van der Waals surface area contributed by atoms with E-state index in [1.807, 2.05) is 18.2 Å². The third-order valence-corrected chi connectivity index (χ3v) is 3.20. The number of nitrogens with one attached hydrogen (secondary N) is 1. The molecule has 5 heteroatoms. The van der Waals surface area contributed by atoms with E-state index < -0.39 is 0 Å². The summed E-state index contributed by atoms with van der Waals surface area (Å²) in [5.41, 5.74) is 7.85. The summed E-state index contributed by atoms with van der Waals surface area (Å²) in [5, 5.41) is 1.04. The number of rotatable bonds is 3. The second-order valence-corrected chi connectivity index (χ2v) is 4.70. The predicted molar refractivity (Wildman–Crippen MR) is 70.7 cm³/mol. The van der Waals surface area contributed by atoms with Crippen LogP contribution in [0.2, 0.25) is 0 Å². The van der Waals surface area contributed by atoms with Gasteiger partial charge in [0.2, 0.25) is 0 Å². The Morgan fingerprint density at radius 3 is 3.00 bits per heavy atom. The van der Waals surface area contributed by atoms with E-state index in [-0.39, 0.29) is 5.97 Å². The van der Waals surface area contributed by atoms with Crippen molar-refractivity contribution in [3.8, 4) is 0 Å². The number of fused-ring (bicyclic) bond motifs is 1. The number of aryl methyl sites for hydroxylation is 1. The van der Waals surface area contributed by atoms with Gasteiger partial charge in [0.05, 0.1) is 7.11 Å². The largest absolute Gasteiger partial charge is 0.469 e. The minimum absolute atomic E-state index is 0.228. The normalized spacial score (nSPS) is 10.7. The number of aromatic amines is 1. The molecule has 0 aliphatic rings. The Morgan fingerprint density at radius 2 is 2.29 bits per heavy atom. The van der Waals surface area contributed by atoms with Crippen LogP contribution in [0.25, 0.3) is 10.9 Å². The van der Waals surface area contributed by atoms with Gasteiger partial charge in [-0.15, -0.1) is 0 Å². The molecule has 1 heterocycles. The van der Waals surface area contributed by atoms with Crippen molar-refractivity contribution in [1.82, 2.24) is 4.98 Å². The van der Waals surface area contributed by atoms with Crippen molar-refractivity contribution in [3.63, 3.8) is 0 Å². The Balaban J connectivity index is 2.35. The molecule has 0 aliphatic heterocycles. The fourth-order valence-electron chi connectivity index (χ4n) is 1.84. The zero-order valence-corrected chi connectivity index (χ0v) is 11.0. The van der Waals surface area contributed by atoms with Crippen molar-refractivity contribution < 1.29 is 9.53 Å². The highest BCUT2D eigenvalue weighted by Gasteiger charge is 2.11. The van der Waals surface area contributed by atoms with Crippen molar-refractivity contribution in [3.05, 3.63) is 28.2 Å². The molecule has 0 bridgehead atoms. The first-order valence-electron chi connectivity index (χ1n) is 5.24. The zero-order chi connectivity index (χ0) is 12.4. The third-order valence-electron chi connectivity index (χ3n) is 2.71. The van der Waals surface area contributed by atoms with Crippen LogP contribution in [0.3, 0.4) is 0 Å². The lowest BCUT2D eigenvalue weighted by Crippen LogP contribution is -2.02. The van der Waals surface area contributed by atoms with Gasteiger partial charge in [-0.2, -0.15) is 0 Å². The van der Waals surface area contributed by atoms with Gasteiger partial charge in [0.1, 0.15) is 5.82 Å². The van der Waals surface area contributed by atoms with Crippen LogP contribution >= 0.6 is 15.9 Å². The number of hydrogen-bond acceptors (Lipinski definition) is 3. The topological polar surface area (TPSA) is 68.1 Å². The van der Waals surface area contributed by atoms with Crippen LogP contribution in [0.4, 0.5) is 5.82 Å². The maximum Gasteiger partial charge on any atom is 0.305 e. The van der Waals surface area contributed by atoms with E-state index in [1.165, 1.54) is 7.11 Å². The number of esters is 1. The molecule has 0 unspecified atom stereocenters. The Hall–Kier alpha value is -1.49. The molecular formula is C12H13BrN2O2. The van der Waals surface area contributed by atoms with E-state index in [9.17, 15) is 4.79 Å². The van der Waals surface area contributed by atoms with Gasteiger partial charge in [0.25, 0.3) is 0 Å². The fraction of sp³-hybridized carbons (Fsp3) is 0.250. The number of methoxy groups -OCH3 is 1. The van der Waals surface area contributed by atoms with Crippen molar-refractivity contribution >= 4 is 38.6 Å². The number of H-pyrrole nitrogens is 1. The Kier molecular flexibility index (Phi) is 3.38. The molecule has 0 aliphatic carbocycles. The van der Waals surface area contributed by atoms with Crippen molar-refractivity contribution in [2.75, 3.05) is 12.8 Å². The summed E-state index contributed by atoms with van der Waals surface area (Å²) in [6.07, 6.45) is 0.912. The summed E-state index contributed by atoms with van der Waals surface area (Å²) in [4.78, 5) is 14.2. The van der Waals surface area contributed by atoms with Gasteiger partial charge >= 0.3 is 5.97 Å². The molecule has 1 aromatic carbocycles. The van der Waals surface area contributed by atoms with Crippen molar-refractivity contribution in [1.29, 1.82) is 0 Å². The standard InChI is InChI=1S/C12H13BrN2O2/c1-17-11(16)5-3-8-9-6-7(13)2-4-10(9)15-12(8)14/h2,4,6,15H,3,5,14H2,1H3. The number of nitrogen functional groups attached to an aromatic ring is 1. The highest BCUT2D eigenvalue weighted by atomic mass is 79.9. The average Bonchev–Trinajstić information content (AvgIpc) is 2.61. The van der Waals surface area contributed by atoms with Crippen LogP contribution in [0.5, 0.6) is 0 Å². The molecule has 2 aromatic rings. The van der Waals surface area contributed by atoms with Crippen LogP contribution < -0.4 is 5.73 Å². The number of aromatic nitrogens is 1. The van der Waals surface area contributed by atoms with Gasteiger partial charge in [0.15, 0.2) is 0 Å². The van der Waals surface area contributed by atoms with Gasteiger partial charge in [0, 0.05) is 27.4 Å². The lowest BCUT2D eigenvalue weighted by atomic mass is 10.1. The number of benzene rings is 1. The Labute approximate surface area is 107 Å². The number of nitrogens with two attached hydrogens (primary N) is 1. The first kappa shape index (κ1) is 12.0. The number of carbonyl (C=O) groups excluding carboxylic acids is 1. The van der Waals surface area contributed by atoms with E-state index in [2.05, 4.69) is 25.7 Å². The maximum atomic E-state index is 11.1. The zero-order valence-electron chi connectivity index (χ0n) is 9.42. The lowest BCUT2D eigenvalue weighted by Gasteiger charge is -2.01. The molecule has 4 nitrogen and oxygen atoms in total. The summed E-state index contributed by atoms with van der Waals surface area (Å²) in [6, 6.07) is 5.90. The number of halogens is 1. The minimum Gasteiger partial charge on any atom is -0.469 e. The SMILES string of the molecule is COC(=O)CCc1c(N)[nH]c2ccc(Br)cc12. The van der Waals surface area contributed by atoms with Crippen molar-refractivity contribution in [2.24, 2.45) is 0 Å². The number of ether oxygens (including phenoxy) is 1. The van der Waals surface area contributed by atoms with Crippen LogP contribution in [0.15, 0.2) is 22.7 Å². The van der Waals surface area contributed by atoms with Gasteiger partial charge in [-0.05, 0) is 24.6 Å². The molecular weight excluding hydrogens is 284 g/mol. The van der Waals surface area contributed by atoms with E-state index in [4.69, 9.17) is 5.73 Å². The molecule has 1 aromatic heterocycles. The van der Waals surface area contributed by atoms with Crippen LogP contribution in [0.1, 0.15) is 12.0 Å². The van der Waals surface area contributed by atoms with E-state index in [0.29, 0.717) is 18.7 Å². The molecule has 0 amide bonds. The highest BCUT2D eigenvalue weighted by Crippen LogP contribution is 2.28. The van der Waals surface area contributed by atoms with Crippen LogP contribution in [-0.2, 0) is 16.0 Å². The molecule has 0 saturated carbocycles. The predicted octanol–water partition coefficient (Wildman–Crippen LogP) is 2.62. The second-order valence-electron chi connectivity index (χ2n) is 3.78.